The van der Waals surface area contributed by atoms with E-state index in [-0.39, 0.29) is 11.0 Å². The number of thiazole rings is 1. The second-order valence-corrected chi connectivity index (χ2v) is 7.15. The van der Waals surface area contributed by atoms with Crippen molar-refractivity contribution in [2.75, 3.05) is 0 Å². The lowest BCUT2D eigenvalue weighted by molar-refractivity contribution is 0.0236. The first kappa shape index (κ1) is 18.4. The van der Waals surface area contributed by atoms with Gasteiger partial charge in [0, 0.05) is 0 Å². The van der Waals surface area contributed by atoms with Crippen LogP contribution in [0.4, 0.5) is 9.18 Å². The summed E-state index contributed by atoms with van der Waals surface area (Å²) in [4.78, 5) is 26.8. The fourth-order valence-electron chi connectivity index (χ4n) is 2.37. The summed E-state index contributed by atoms with van der Waals surface area (Å²) < 4.78 is 18.3. The smallest absolute Gasteiger partial charge is 0.405 e. The van der Waals surface area contributed by atoms with Gasteiger partial charge in [-0.3, -0.25) is 4.79 Å². The number of nitrogens with two attached hydrogens (primary N) is 1. The number of benzene rings is 1. The molecule has 1 atom stereocenters. The van der Waals surface area contributed by atoms with Crippen LogP contribution in [0.2, 0.25) is 5.15 Å². The minimum absolute atomic E-state index is 0.101. The Hall–Kier alpha value is -1.99. The van der Waals surface area contributed by atoms with Gasteiger partial charge in [0.2, 0.25) is 0 Å². The number of amides is 1. The summed E-state index contributed by atoms with van der Waals surface area (Å²) in [6.45, 7) is 3.39. The van der Waals surface area contributed by atoms with E-state index in [2.05, 4.69) is 4.98 Å². The summed E-state index contributed by atoms with van der Waals surface area (Å²) >= 11 is 7.08. The van der Waals surface area contributed by atoms with Crippen LogP contribution in [-0.2, 0) is 11.2 Å². The molecular formula is C16H16ClFN2O3S. The highest BCUT2D eigenvalue weighted by Crippen LogP contribution is 2.38. The zero-order valence-corrected chi connectivity index (χ0v) is 14.7. The maximum atomic E-state index is 13.1. The van der Waals surface area contributed by atoms with Crippen LogP contribution in [-0.4, -0.2) is 23.0 Å². The molecule has 2 aromatic rings. The summed E-state index contributed by atoms with van der Waals surface area (Å²) in [6.07, 6.45) is 0.116. The first-order chi connectivity index (χ1) is 11.2. The van der Waals surface area contributed by atoms with Crippen molar-refractivity contribution >= 4 is 35.3 Å². The minimum atomic E-state index is -0.998. The zero-order valence-electron chi connectivity index (χ0n) is 13.1. The van der Waals surface area contributed by atoms with Crippen LogP contribution >= 0.6 is 22.9 Å². The lowest BCUT2D eigenvalue weighted by Crippen LogP contribution is -2.38. The zero-order chi connectivity index (χ0) is 17.9. The van der Waals surface area contributed by atoms with E-state index < -0.39 is 17.6 Å². The number of aromatic nitrogens is 1. The summed E-state index contributed by atoms with van der Waals surface area (Å²) in [5.41, 5.74) is 4.98. The fraction of sp³-hybridized carbons (Fsp3) is 0.312. The lowest BCUT2D eigenvalue weighted by atomic mass is 9.85. The second-order valence-electron chi connectivity index (χ2n) is 5.73. The molecule has 1 aromatic carbocycles. The monoisotopic (exact) mass is 370 g/mol. The van der Waals surface area contributed by atoms with Crippen molar-refractivity contribution in [3.63, 3.8) is 0 Å². The predicted molar refractivity (Wildman–Crippen MR) is 90.1 cm³/mol. The Labute approximate surface area is 147 Å². The Morgan fingerprint density at radius 3 is 2.58 bits per heavy atom. The molecule has 24 heavy (non-hydrogen) atoms. The van der Waals surface area contributed by atoms with Crippen LogP contribution in [0, 0.1) is 5.82 Å². The summed E-state index contributed by atoms with van der Waals surface area (Å²) in [5, 5.41) is 0.640. The molecule has 0 aliphatic heterocycles. The molecule has 0 radical (unpaired) electrons. The fourth-order valence-corrected chi connectivity index (χ4v) is 3.72. The van der Waals surface area contributed by atoms with E-state index in [1.807, 2.05) is 0 Å². The Balaban J connectivity index is 2.41. The van der Waals surface area contributed by atoms with Crippen LogP contribution in [0.1, 0.15) is 40.0 Å². The molecule has 0 fully saturated rings. The van der Waals surface area contributed by atoms with Gasteiger partial charge in [0.1, 0.15) is 21.3 Å². The highest BCUT2D eigenvalue weighted by molar-refractivity contribution is 7.14. The highest BCUT2D eigenvalue weighted by Gasteiger charge is 2.37. The van der Waals surface area contributed by atoms with E-state index in [0.29, 0.717) is 22.6 Å². The van der Waals surface area contributed by atoms with Gasteiger partial charge in [0.25, 0.3) is 0 Å². The Morgan fingerprint density at radius 2 is 2.08 bits per heavy atom. The van der Waals surface area contributed by atoms with Crippen molar-refractivity contribution < 1.29 is 18.7 Å². The number of hydrogen-bond acceptors (Lipinski definition) is 5. The largest absolute Gasteiger partial charge is 0.443 e. The van der Waals surface area contributed by atoms with Gasteiger partial charge >= 0.3 is 6.09 Å². The lowest BCUT2D eigenvalue weighted by Gasteiger charge is -2.32. The molecule has 0 aliphatic carbocycles. The maximum Gasteiger partial charge on any atom is 0.405 e. The van der Waals surface area contributed by atoms with Crippen molar-refractivity contribution in [2.45, 2.75) is 31.8 Å². The number of ether oxygens (including phenoxy) is 1. The van der Waals surface area contributed by atoms with Gasteiger partial charge in [0.05, 0.1) is 5.92 Å². The molecule has 0 spiro atoms. The van der Waals surface area contributed by atoms with Gasteiger partial charge in [0.15, 0.2) is 11.4 Å². The molecule has 0 saturated heterocycles. The Bertz CT molecular complexity index is 746. The van der Waals surface area contributed by atoms with Gasteiger partial charge < -0.3 is 10.5 Å². The molecule has 128 valence electrons. The molecule has 0 saturated carbocycles. The molecule has 1 unspecified atom stereocenters. The van der Waals surface area contributed by atoms with Crippen molar-refractivity contribution in [1.82, 2.24) is 4.98 Å². The Kier molecular flexibility index (Phi) is 5.56. The van der Waals surface area contributed by atoms with Crippen LogP contribution in [0.25, 0.3) is 0 Å². The van der Waals surface area contributed by atoms with Crippen LogP contribution in [0.15, 0.2) is 24.3 Å². The molecular weight excluding hydrogens is 355 g/mol. The number of halogens is 2. The number of primary amides is 1. The SMILES string of the molecule is CC(C)(OC(N)=O)C(Cc1ccc(F)cc1)c1nc(Cl)c(C=O)s1. The van der Waals surface area contributed by atoms with E-state index in [1.54, 1.807) is 26.0 Å². The number of carbonyl (C=O) groups is 2. The number of aldehydes is 1. The maximum absolute atomic E-state index is 13.1. The second kappa shape index (κ2) is 7.27. The van der Waals surface area contributed by atoms with Gasteiger partial charge in [-0.15, -0.1) is 11.3 Å². The van der Waals surface area contributed by atoms with E-state index in [0.717, 1.165) is 16.9 Å². The van der Waals surface area contributed by atoms with Crippen LogP contribution in [0.3, 0.4) is 0 Å². The summed E-state index contributed by atoms with van der Waals surface area (Å²) in [5.74, 6) is -0.754. The van der Waals surface area contributed by atoms with E-state index >= 15 is 0 Å². The first-order valence-corrected chi connectivity index (χ1v) is 8.26. The quantitative estimate of drug-likeness (QED) is 0.780. The summed E-state index contributed by atoms with van der Waals surface area (Å²) in [6, 6.07) is 5.97. The number of rotatable bonds is 6. The predicted octanol–water partition coefficient (Wildman–Crippen LogP) is 3.95. The average Bonchev–Trinajstić information content (AvgIpc) is 2.85. The molecule has 1 aromatic heterocycles. The van der Waals surface area contributed by atoms with Crippen molar-refractivity contribution in [3.05, 3.63) is 50.7 Å². The molecule has 1 heterocycles. The number of hydrogen-bond donors (Lipinski definition) is 1. The molecule has 0 aliphatic rings. The van der Waals surface area contributed by atoms with Gasteiger partial charge in [-0.1, -0.05) is 23.7 Å². The van der Waals surface area contributed by atoms with Crippen molar-refractivity contribution in [3.8, 4) is 0 Å². The third kappa shape index (κ3) is 4.30. The van der Waals surface area contributed by atoms with Gasteiger partial charge in [-0.2, -0.15) is 0 Å². The average molecular weight is 371 g/mol. The third-order valence-corrected chi connectivity index (χ3v) is 5.08. The van der Waals surface area contributed by atoms with Gasteiger partial charge in [-0.05, 0) is 38.0 Å². The van der Waals surface area contributed by atoms with Crippen LogP contribution in [0.5, 0.6) is 0 Å². The minimum Gasteiger partial charge on any atom is -0.443 e. The molecule has 0 bridgehead atoms. The summed E-state index contributed by atoms with van der Waals surface area (Å²) in [7, 11) is 0. The molecule has 2 rings (SSSR count). The molecule has 2 N–H and O–H groups in total. The van der Waals surface area contributed by atoms with Crippen molar-refractivity contribution in [2.24, 2.45) is 5.73 Å². The molecule has 1 amide bonds. The van der Waals surface area contributed by atoms with E-state index in [1.165, 1.54) is 12.1 Å². The third-order valence-electron chi connectivity index (χ3n) is 3.59. The van der Waals surface area contributed by atoms with E-state index in [9.17, 15) is 14.0 Å². The molecule has 8 heteroatoms. The topological polar surface area (TPSA) is 82.3 Å². The Morgan fingerprint density at radius 1 is 1.46 bits per heavy atom. The number of nitrogens with zero attached hydrogens (tertiary/aromatic N) is 1. The normalized spacial score (nSPS) is 12.7. The van der Waals surface area contributed by atoms with Crippen molar-refractivity contribution in [1.29, 1.82) is 0 Å². The van der Waals surface area contributed by atoms with Crippen LogP contribution < -0.4 is 5.73 Å². The molecule has 5 nitrogen and oxygen atoms in total. The number of carbonyl (C=O) groups excluding carboxylic acids is 2. The van der Waals surface area contributed by atoms with Gasteiger partial charge in [-0.25, -0.2) is 14.2 Å². The first-order valence-electron chi connectivity index (χ1n) is 7.07. The van der Waals surface area contributed by atoms with E-state index in [4.69, 9.17) is 22.1 Å². The highest BCUT2D eigenvalue weighted by atomic mass is 35.5. The standard InChI is InChI=1S/C16H16ClFN2O3S/c1-16(2,23-15(19)22)11(7-9-3-5-10(18)6-4-9)14-20-13(17)12(8-21)24-14/h3-6,8,11H,7H2,1-2H3,(H2,19,22).